The summed E-state index contributed by atoms with van der Waals surface area (Å²) < 4.78 is 26.4. The van der Waals surface area contributed by atoms with Gasteiger partial charge in [-0.2, -0.15) is 5.26 Å². The first-order valence-electron chi connectivity index (χ1n) is 6.65. The lowest BCUT2D eigenvalue weighted by Crippen LogP contribution is -2.48. The molecule has 0 spiro atoms. The average molecular weight is 293 g/mol. The summed E-state index contributed by atoms with van der Waals surface area (Å²) in [6.07, 6.45) is 0.681. The molecule has 0 aromatic heterocycles. The van der Waals surface area contributed by atoms with Crippen LogP contribution in [0.4, 0.5) is 0 Å². The van der Waals surface area contributed by atoms with Gasteiger partial charge in [0.2, 0.25) is 10.0 Å². The number of nitrogens with zero attached hydrogens (tertiary/aromatic N) is 2. The summed E-state index contributed by atoms with van der Waals surface area (Å²) in [5.41, 5.74) is 6.89. The van der Waals surface area contributed by atoms with Gasteiger partial charge in [-0.1, -0.05) is 25.1 Å². The maximum Gasteiger partial charge on any atom is 0.218 e. The van der Waals surface area contributed by atoms with Crippen LogP contribution in [0.3, 0.4) is 0 Å². The third kappa shape index (κ3) is 3.18. The summed E-state index contributed by atoms with van der Waals surface area (Å²) in [4.78, 5) is 0. The Labute approximate surface area is 120 Å². The van der Waals surface area contributed by atoms with Gasteiger partial charge in [0.15, 0.2) is 0 Å². The molecule has 2 atom stereocenters. The second kappa shape index (κ2) is 5.92. The van der Waals surface area contributed by atoms with E-state index in [4.69, 9.17) is 11.0 Å². The topological polar surface area (TPSA) is 87.2 Å². The molecule has 0 amide bonds. The van der Waals surface area contributed by atoms with Crippen LogP contribution in [0.1, 0.15) is 24.5 Å². The number of nitriles is 1. The molecule has 20 heavy (non-hydrogen) atoms. The summed E-state index contributed by atoms with van der Waals surface area (Å²) in [6, 6.07) is 8.91. The molecular formula is C14H19N3O2S. The quantitative estimate of drug-likeness (QED) is 0.902. The first kappa shape index (κ1) is 15.0. The van der Waals surface area contributed by atoms with Gasteiger partial charge >= 0.3 is 0 Å². The highest BCUT2D eigenvalue weighted by atomic mass is 32.2. The Kier molecular flexibility index (Phi) is 4.43. The maximum absolute atomic E-state index is 12.5. The van der Waals surface area contributed by atoms with Crippen molar-refractivity contribution in [1.29, 1.82) is 5.26 Å². The van der Waals surface area contributed by atoms with Gasteiger partial charge in [-0.25, -0.2) is 12.7 Å². The second-order valence-electron chi connectivity index (χ2n) is 5.31. The fourth-order valence-electron chi connectivity index (χ4n) is 2.42. The highest BCUT2D eigenvalue weighted by Crippen LogP contribution is 2.21. The van der Waals surface area contributed by atoms with Crippen LogP contribution in [-0.2, 0) is 15.8 Å². The predicted octanol–water partition coefficient (Wildman–Crippen LogP) is 1.06. The number of benzene rings is 1. The van der Waals surface area contributed by atoms with E-state index in [0.717, 1.165) is 0 Å². The Morgan fingerprint density at radius 2 is 2.15 bits per heavy atom. The van der Waals surface area contributed by atoms with E-state index in [2.05, 4.69) is 0 Å². The Morgan fingerprint density at radius 3 is 2.80 bits per heavy atom. The van der Waals surface area contributed by atoms with Gasteiger partial charge in [-0.05, 0) is 24.0 Å². The monoisotopic (exact) mass is 293 g/mol. The minimum atomic E-state index is -3.40. The Bertz CT molecular complexity index is 622. The molecule has 2 N–H and O–H groups in total. The van der Waals surface area contributed by atoms with Crippen molar-refractivity contribution in [3.8, 4) is 6.07 Å². The third-order valence-corrected chi connectivity index (χ3v) is 5.60. The molecule has 1 saturated heterocycles. The fraction of sp³-hybridized carbons (Fsp3) is 0.500. The van der Waals surface area contributed by atoms with E-state index in [1.165, 1.54) is 4.31 Å². The lowest BCUT2D eigenvalue weighted by atomic mass is 9.96. The maximum atomic E-state index is 12.5. The minimum absolute atomic E-state index is 0.0628. The van der Waals surface area contributed by atoms with Gasteiger partial charge in [-0.3, -0.25) is 0 Å². The van der Waals surface area contributed by atoms with E-state index in [1.807, 2.05) is 13.0 Å². The molecule has 2 rings (SSSR count). The molecule has 1 aliphatic rings. The van der Waals surface area contributed by atoms with Gasteiger partial charge in [-0.15, -0.1) is 0 Å². The summed E-state index contributed by atoms with van der Waals surface area (Å²) in [6.45, 7) is 2.89. The molecular weight excluding hydrogens is 274 g/mol. The van der Waals surface area contributed by atoms with Crippen LogP contribution in [0.15, 0.2) is 24.3 Å². The fourth-order valence-corrected chi connectivity index (χ4v) is 4.09. The SMILES string of the molecule is CC1CN(S(=O)(=O)Cc2ccccc2C#N)CCC1N. The van der Waals surface area contributed by atoms with Gasteiger partial charge in [0.25, 0.3) is 0 Å². The number of nitrogens with two attached hydrogens (primary N) is 1. The number of hydrogen-bond donors (Lipinski definition) is 1. The van der Waals surface area contributed by atoms with Crippen molar-refractivity contribution in [1.82, 2.24) is 4.31 Å². The Morgan fingerprint density at radius 1 is 1.45 bits per heavy atom. The zero-order chi connectivity index (χ0) is 14.8. The molecule has 1 aliphatic heterocycles. The van der Waals surface area contributed by atoms with Crippen LogP contribution in [0, 0.1) is 17.2 Å². The number of hydrogen-bond acceptors (Lipinski definition) is 4. The molecule has 1 heterocycles. The van der Waals surface area contributed by atoms with Crippen molar-refractivity contribution >= 4 is 10.0 Å². The molecule has 0 saturated carbocycles. The van der Waals surface area contributed by atoms with Gasteiger partial charge in [0.05, 0.1) is 17.4 Å². The summed E-state index contributed by atoms with van der Waals surface area (Å²) in [7, 11) is -3.40. The van der Waals surface area contributed by atoms with Crippen molar-refractivity contribution in [2.45, 2.75) is 25.1 Å². The smallest absolute Gasteiger partial charge is 0.218 e. The van der Waals surface area contributed by atoms with Crippen molar-refractivity contribution in [3.05, 3.63) is 35.4 Å². The summed E-state index contributed by atoms with van der Waals surface area (Å²) >= 11 is 0. The largest absolute Gasteiger partial charge is 0.327 e. The van der Waals surface area contributed by atoms with Gasteiger partial charge in [0.1, 0.15) is 0 Å². The molecule has 0 aliphatic carbocycles. The lowest BCUT2D eigenvalue weighted by Gasteiger charge is -2.34. The molecule has 0 radical (unpaired) electrons. The molecule has 1 aromatic rings. The van der Waals surface area contributed by atoms with Crippen LogP contribution in [-0.4, -0.2) is 31.9 Å². The van der Waals surface area contributed by atoms with Crippen LogP contribution >= 0.6 is 0 Å². The van der Waals surface area contributed by atoms with Gasteiger partial charge in [0, 0.05) is 19.1 Å². The van der Waals surface area contributed by atoms with Crippen molar-refractivity contribution in [3.63, 3.8) is 0 Å². The van der Waals surface area contributed by atoms with E-state index in [9.17, 15) is 8.42 Å². The Hall–Kier alpha value is -1.42. The zero-order valence-corrected chi connectivity index (χ0v) is 12.3. The van der Waals surface area contributed by atoms with E-state index in [-0.39, 0.29) is 17.7 Å². The third-order valence-electron chi connectivity index (χ3n) is 3.80. The van der Waals surface area contributed by atoms with E-state index in [1.54, 1.807) is 24.3 Å². The van der Waals surface area contributed by atoms with Crippen LogP contribution in [0.5, 0.6) is 0 Å². The van der Waals surface area contributed by atoms with Crippen LogP contribution in [0.2, 0.25) is 0 Å². The van der Waals surface area contributed by atoms with Crippen molar-refractivity contribution in [2.75, 3.05) is 13.1 Å². The van der Waals surface area contributed by atoms with Crippen molar-refractivity contribution in [2.24, 2.45) is 11.7 Å². The molecule has 0 bridgehead atoms. The zero-order valence-electron chi connectivity index (χ0n) is 11.5. The number of rotatable bonds is 3. The minimum Gasteiger partial charge on any atom is -0.327 e. The first-order chi connectivity index (χ1) is 9.44. The van der Waals surface area contributed by atoms with Crippen LogP contribution in [0.25, 0.3) is 0 Å². The number of sulfonamides is 1. The van der Waals surface area contributed by atoms with Crippen LogP contribution < -0.4 is 5.73 Å². The van der Waals surface area contributed by atoms with Crippen molar-refractivity contribution < 1.29 is 8.42 Å². The highest BCUT2D eigenvalue weighted by Gasteiger charge is 2.31. The lowest BCUT2D eigenvalue weighted by molar-refractivity contribution is 0.250. The van der Waals surface area contributed by atoms with E-state index < -0.39 is 10.0 Å². The molecule has 108 valence electrons. The predicted molar refractivity (Wildman–Crippen MR) is 77.1 cm³/mol. The van der Waals surface area contributed by atoms with E-state index in [0.29, 0.717) is 30.6 Å². The second-order valence-corrected chi connectivity index (χ2v) is 7.28. The highest BCUT2D eigenvalue weighted by molar-refractivity contribution is 7.88. The Balaban J connectivity index is 2.18. The molecule has 2 unspecified atom stereocenters. The normalized spacial score (nSPS) is 24.2. The van der Waals surface area contributed by atoms with Gasteiger partial charge < -0.3 is 5.73 Å². The molecule has 1 fully saturated rings. The molecule has 1 aromatic carbocycles. The number of piperidine rings is 1. The molecule has 5 nitrogen and oxygen atoms in total. The summed E-state index contributed by atoms with van der Waals surface area (Å²) in [5, 5.41) is 9.03. The molecule has 6 heteroatoms. The first-order valence-corrected chi connectivity index (χ1v) is 8.26. The van der Waals surface area contributed by atoms with E-state index >= 15 is 0 Å². The average Bonchev–Trinajstić information content (AvgIpc) is 2.42. The standard InChI is InChI=1S/C14H19N3O2S/c1-11-9-17(7-6-14(11)16)20(18,19)10-13-5-3-2-4-12(13)8-15/h2-5,11,14H,6-7,9-10,16H2,1H3. The summed E-state index contributed by atoms with van der Waals surface area (Å²) in [5.74, 6) is 0.0309.